The molecule has 0 aromatic carbocycles. The van der Waals surface area contributed by atoms with Gasteiger partial charge >= 0.3 is 0 Å². The third-order valence-corrected chi connectivity index (χ3v) is 2.70. The number of rotatable bonds is 6. The molecule has 4 nitrogen and oxygen atoms in total. The summed E-state index contributed by atoms with van der Waals surface area (Å²) in [5.74, 6) is 0. The van der Waals surface area contributed by atoms with Gasteiger partial charge in [0.15, 0.2) is 0 Å². The number of aliphatic imine (C=N–C) groups is 1. The van der Waals surface area contributed by atoms with Gasteiger partial charge in [0.1, 0.15) is 0 Å². The second-order valence-electron chi connectivity index (χ2n) is 3.91. The highest BCUT2D eigenvalue weighted by Gasteiger charge is 2.07. The molecule has 0 saturated heterocycles. The van der Waals surface area contributed by atoms with Gasteiger partial charge in [0.25, 0.3) is 0 Å². The number of allylic oxidation sites excluding steroid dienone is 4. The second-order valence-corrected chi connectivity index (χ2v) is 4.63. The van der Waals surface area contributed by atoms with Gasteiger partial charge in [-0.2, -0.15) is 0 Å². The predicted octanol–water partition coefficient (Wildman–Crippen LogP) is 3.07. The Bertz CT molecular complexity index is 464. The highest BCUT2D eigenvalue weighted by molar-refractivity contribution is 14.1. The van der Waals surface area contributed by atoms with E-state index in [0.717, 1.165) is 16.7 Å². The van der Waals surface area contributed by atoms with Crippen LogP contribution in [0.15, 0.2) is 49.8 Å². The lowest BCUT2D eigenvalue weighted by atomic mass is 10.0. The Morgan fingerprint density at radius 2 is 2.00 bits per heavy atom. The van der Waals surface area contributed by atoms with Crippen LogP contribution in [-0.4, -0.2) is 18.5 Å². The fraction of sp³-hybridized carbons (Fsp3) is 0.286. The van der Waals surface area contributed by atoms with E-state index < -0.39 is 0 Å². The molecule has 0 rings (SSSR count). The molecule has 0 aliphatic heterocycles. The van der Waals surface area contributed by atoms with Gasteiger partial charge in [-0.15, -0.1) is 0 Å². The molecule has 0 heterocycles. The minimum absolute atomic E-state index is 0.426. The SMILES string of the molecule is C/C=C(/C=N/C=C(\C=C/I)CN)C(\C(C)=N)=C(\C)N. The van der Waals surface area contributed by atoms with Crippen LogP contribution in [0.5, 0.6) is 0 Å². The summed E-state index contributed by atoms with van der Waals surface area (Å²) in [4.78, 5) is 4.24. The lowest BCUT2D eigenvalue weighted by Crippen LogP contribution is -2.09. The zero-order valence-corrected chi connectivity index (χ0v) is 13.7. The van der Waals surface area contributed by atoms with Gasteiger partial charge in [-0.25, -0.2) is 0 Å². The van der Waals surface area contributed by atoms with E-state index in [1.807, 2.05) is 23.2 Å². The fourth-order valence-corrected chi connectivity index (χ4v) is 1.94. The van der Waals surface area contributed by atoms with Gasteiger partial charge in [-0.3, -0.25) is 4.99 Å². The van der Waals surface area contributed by atoms with Crippen molar-refractivity contribution in [2.75, 3.05) is 6.54 Å². The molecule has 0 radical (unpaired) electrons. The first-order valence-corrected chi connectivity index (χ1v) is 7.10. The van der Waals surface area contributed by atoms with E-state index in [-0.39, 0.29) is 0 Å². The molecule has 0 bridgehead atoms. The molecular formula is C14H21IN4. The van der Waals surface area contributed by atoms with Crippen LogP contribution in [0.3, 0.4) is 0 Å². The van der Waals surface area contributed by atoms with Crippen molar-refractivity contribution >= 4 is 34.5 Å². The van der Waals surface area contributed by atoms with Crippen molar-refractivity contribution in [1.29, 1.82) is 5.41 Å². The molecule has 0 atom stereocenters. The lowest BCUT2D eigenvalue weighted by Gasteiger charge is -2.08. The summed E-state index contributed by atoms with van der Waals surface area (Å²) in [7, 11) is 0. The first-order valence-electron chi connectivity index (χ1n) is 5.85. The maximum Gasteiger partial charge on any atom is 0.0378 e. The molecule has 5 N–H and O–H groups in total. The number of halogens is 1. The highest BCUT2D eigenvalue weighted by atomic mass is 127. The van der Waals surface area contributed by atoms with Crippen LogP contribution in [0.4, 0.5) is 0 Å². The Morgan fingerprint density at radius 1 is 1.37 bits per heavy atom. The normalized spacial score (nSPS) is 15.2. The molecule has 19 heavy (non-hydrogen) atoms. The highest BCUT2D eigenvalue weighted by Crippen LogP contribution is 2.12. The molecule has 0 amide bonds. The number of nitrogens with zero attached hydrogens (tertiary/aromatic N) is 1. The van der Waals surface area contributed by atoms with E-state index in [4.69, 9.17) is 16.9 Å². The van der Waals surface area contributed by atoms with Crippen molar-refractivity contribution in [2.24, 2.45) is 16.5 Å². The van der Waals surface area contributed by atoms with Gasteiger partial charge < -0.3 is 16.9 Å². The zero-order valence-electron chi connectivity index (χ0n) is 11.6. The molecule has 0 aliphatic rings. The van der Waals surface area contributed by atoms with Crippen molar-refractivity contribution in [2.45, 2.75) is 20.8 Å². The summed E-state index contributed by atoms with van der Waals surface area (Å²) in [6.45, 7) is 5.82. The van der Waals surface area contributed by atoms with Crippen molar-refractivity contribution < 1.29 is 0 Å². The third-order valence-electron chi connectivity index (χ3n) is 2.34. The molecule has 0 spiro atoms. The molecular weight excluding hydrogens is 351 g/mol. The molecule has 0 saturated carbocycles. The maximum atomic E-state index is 7.75. The van der Waals surface area contributed by atoms with E-state index in [1.165, 1.54) is 0 Å². The van der Waals surface area contributed by atoms with E-state index in [9.17, 15) is 0 Å². The third kappa shape index (κ3) is 6.49. The maximum absolute atomic E-state index is 7.75. The van der Waals surface area contributed by atoms with Crippen LogP contribution in [0, 0.1) is 5.41 Å². The first kappa shape index (κ1) is 17.8. The van der Waals surface area contributed by atoms with E-state index in [2.05, 4.69) is 27.6 Å². The minimum Gasteiger partial charge on any atom is -0.402 e. The largest absolute Gasteiger partial charge is 0.402 e. The lowest BCUT2D eigenvalue weighted by molar-refractivity contribution is 1.17. The van der Waals surface area contributed by atoms with Crippen LogP contribution in [0.25, 0.3) is 0 Å². The topological polar surface area (TPSA) is 88.2 Å². The Labute approximate surface area is 128 Å². The van der Waals surface area contributed by atoms with Gasteiger partial charge in [0.2, 0.25) is 0 Å². The Hall–Kier alpha value is -1.21. The van der Waals surface area contributed by atoms with Crippen molar-refractivity contribution in [3.05, 3.63) is 44.9 Å². The number of nitrogens with one attached hydrogen (secondary N) is 1. The van der Waals surface area contributed by atoms with Crippen molar-refractivity contribution in [3.63, 3.8) is 0 Å². The molecule has 0 aromatic heterocycles. The molecule has 104 valence electrons. The number of hydrogen-bond acceptors (Lipinski definition) is 4. The van der Waals surface area contributed by atoms with Crippen molar-refractivity contribution in [1.82, 2.24) is 0 Å². The fourth-order valence-electron chi connectivity index (χ4n) is 1.48. The minimum atomic E-state index is 0.426. The van der Waals surface area contributed by atoms with Gasteiger partial charge in [0.05, 0.1) is 0 Å². The summed E-state index contributed by atoms with van der Waals surface area (Å²) in [5.41, 5.74) is 14.9. The quantitative estimate of drug-likeness (QED) is 0.380. The average Bonchev–Trinajstić information content (AvgIpc) is 2.35. The van der Waals surface area contributed by atoms with Gasteiger partial charge in [-0.1, -0.05) is 34.7 Å². The van der Waals surface area contributed by atoms with E-state index in [0.29, 0.717) is 18.0 Å². The summed E-state index contributed by atoms with van der Waals surface area (Å²) in [5, 5.41) is 7.75. The first-order chi connectivity index (χ1) is 8.97. The van der Waals surface area contributed by atoms with E-state index in [1.54, 1.807) is 26.3 Å². The standard InChI is InChI=1S/C14H21IN4/c1-4-13(14(10(2)17)11(3)18)9-19-8-12(7-16)5-6-15/h4-6,8-9,17H,7,16,18H2,1-3H3/b6-5-,12-8+,13-4-,14-11-,17-10?,19-9+. The Kier molecular flexibility index (Phi) is 9.07. The summed E-state index contributed by atoms with van der Waals surface area (Å²) >= 11 is 2.13. The van der Waals surface area contributed by atoms with E-state index >= 15 is 0 Å². The average molecular weight is 372 g/mol. The van der Waals surface area contributed by atoms with Crippen LogP contribution in [0.2, 0.25) is 0 Å². The number of nitrogens with two attached hydrogens (primary N) is 2. The molecule has 5 heteroatoms. The van der Waals surface area contributed by atoms with Gasteiger partial charge in [-0.05, 0) is 36.0 Å². The Morgan fingerprint density at radius 3 is 2.37 bits per heavy atom. The monoisotopic (exact) mass is 372 g/mol. The Balaban J connectivity index is 5.25. The van der Waals surface area contributed by atoms with Crippen LogP contribution < -0.4 is 11.5 Å². The molecule has 0 aromatic rings. The second kappa shape index (κ2) is 9.69. The van der Waals surface area contributed by atoms with Crippen LogP contribution in [0.1, 0.15) is 20.8 Å². The predicted molar refractivity (Wildman–Crippen MR) is 92.8 cm³/mol. The molecule has 0 unspecified atom stereocenters. The molecule has 0 aliphatic carbocycles. The summed E-state index contributed by atoms with van der Waals surface area (Å²) in [6, 6.07) is 0. The van der Waals surface area contributed by atoms with Crippen molar-refractivity contribution in [3.8, 4) is 0 Å². The smallest absolute Gasteiger partial charge is 0.0378 e. The zero-order chi connectivity index (χ0) is 14.8. The number of hydrogen-bond donors (Lipinski definition) is 3. The van der Waals surface area contributed by atoms with Gasteiger partial charge in [0, 0.05) is 35.9 Å². The molecule has 0 fully saturated rings. The van der Waals surface area contributed by atoms with Crippen LogP contribution >= 0.6 is 22.6 Å². The summed E-state index contributed by atoms with van der Waals surface area (Å²) < 4.78 is 1.89. The summed E-state index contributed by atoms with van der Waals surface area (Å²) in [6.07, 6.45) is 7.19. The van der Waals surface area contributed by atoms with Crippen LogP contribution in [-0.2, 0) is 0 Å².